The van der Waals surface area contributed by atoms with Crippen molar-refractivity contribution in [2.24, 2.45) is 0 Å². The second kappa shape index (κ2) is 32.5. The standard InChI is InChI=1S/C17H28BrNO.C13H20BrNO.C9H12BrNO/c1-2-3-4-5-6-7-8-9-10-11-14-20-17-13-12-16(18)15-19-17;1-2-3-4-5-6-7-10-16-13-9-8-12(14)11-15-13;1-2-3-6-12-9-5-4-8(10)7-11-9/h12-13,15H,2-11,14H2,1H3;8-9,11H,2-7,10H2,1H3;4-5,7H,2-3,6H2,1H3. The third kappa shape index (κ3) is 27.2. The van der Waals surface area contributed by atoms with Crippen molar-refractivity contribution < 1.29 is 14.2 Å². The largest absolute Gasteiger partial charge is 0.478 e. The molecule has 3 heterocycles. The molecule has 0 spiro atoms. The molecule has 0 N–H and O–H groups in total. The van der Waals surface area contributed by atoms with E-state index in [1.54, 1.807) is 18.6 Å². The van der Waals surface area contributed by atoms with Gasteiger partial charge in [-0.05, 0) is 85.3 Å². The van der Waals surface area contributed by atoms with E-state index in [1.165, 1.54) is 89.9 Å². The third-order valence-electron chi connectivity index (χ3n) is 7.34. The van der Waals surface area contributed by atoms with Gasteiger partial charge >= 0.3 is 0 Å². The number of nitrogens with zero attached hydrogens (tertiary/aromatic N) is 3. The minimum absolute atomic E-state index is 0.701. The Hall–Kier alpha value is -1.71. The summed E-state index contributed by atoms with van der Waals surface area (Å²) in [6.07, 6.45) is 28.8. The van der Waals surface area contributed by atoms with Crippen molar-refractivity contribution in [2.45, 2.75) is 136 Å². The predicted molar refractivity (Wildman–Crippen MR) is 212 cm³/mol. The fourth-order valence-corrected chi connectivity index (χ4v) is 5.19. The van der Waals surface area contributed by atoms with Gasteiger partial charge in [-0.3, -0.25) is 0 Å². The number of rotatable bonds is 24. The summed E-state index contributed by atoms with van der Waals surface area (Å²) in [6.45, 7) is 8.96. The molecule has 0 aromatic carbocycles. The van der Waals surface area contributed by atoms with Gasteiger partial charge in [0.25, 0.3) is 0 Å². The van der Waals surface area contributed by atoms with Crippen LogP contribution < -0.4 is 14.2 Å². The topological polar surface area (TPSA) is 66.4 Å². The zero-order chi connectivity index (χ0) is 34.9. The van der Waals surface area contributed by atoms with Gasteiger partial charge in [-0.2, -0.15) is 0 Å². The first kappa shape index (κ1) is 44.3. The quantitative estimate of drug-likeness (QED) is 0.0836. The molecular weight excluding hydrogens is 798 g/mol. The Kier molecular flexibility index (Phi) is 30.0. The Bertz CT molecular complexity index is 1100. The molecule has 9 heteroatoms. The lowest BCUT2D eigenvalue weighted by Crippen LogP contribution is -1.98. The van der Waals surface area contributed by atoms with Crippen LogP contribution >= 0.6 is 47.8 Å². The van der Waals surface area contributed by atoms with Crippen LogP contribution in [0.1, 0.15) is 136 Å². The van der Waals surface area contributed by atoms with E-state index in [2.05, 4.69) is 83.5 Å². The van der Waals surface area contributed by atoms with Crippen LogP contribution in [0.25, 0.3) is 0 Å². The summed E-state index contributed by atoms with van der Waals surface area (Å²) >= 11 is 10.0. The van der Waals surface area contributed by atoms with Crippen LogP contribution in [0.4, 0.5) is 0 Å². The maximum atomic E-state index is 5.60. The average Bonchev–Trinajstić information content (AvgIpc) is 3.10. The molecule has 6 nitrogen and oxygen atoms in total. The van der Waals surface area contributed by atoms with Crippen molar-refractivity contribution in [3.63, 3.8) is 0 Å². The minimum Gasteiger partial charge on any atom is -0.478 e. The monoisotopic (exact) mass is 855 g/mol. The molecule has 0 aliphatic carbocycles. The van der Waals surface area contributed by atoms with E-state index in [9.17, 15) is 0 Å². The lowest BCUT2D eigenvalue weighted by atomic mass is 10.1. The highest BCUT2D eigenvalue weighted by atomic mass is 79.9. The molecule has 270 valence electrons. The van der Waals surface area contributed by atoms with Crippen molar-refractivity contribution in [1.82, 2.24) is 15.0 Å². The van der Waals surface area contributed by atoms with E-state index in [-0.39, 0.29) is 0 Å². The molecule has 0 amide bonds. The van der Waals surface area contributed by atoms with Gasteiger partial charge in [-0.15, -0.1) is 0 Å². The Labute approximate surface area is 317 Å². The van der Waals surface area contributed by atoms with Crippen LogP contribution in [-0.4, -0.2) is 34.8 Å². The van der Waals surface area contributed by atoms with Crippen LogP contribution in [0.5, 0.6) is 17.6 Å². The predicted octanol–water partition coefficient (Wildman–Crippen LogP) is 13.8. The molecule has 0 saturated heterocycles. The van der Waals surface area contributed by atoms with Crippen molar-refractivity contribution in [3.8, 4) is 17.6 Å². The molecule has 0 unspecified atom stereocenters. The summed E-state index contributed by atoms with van der Waals surface area (Å²) in [5.74, 6) is 2.15. The van der Waals surface area contributed by atoms with E-state index in [0.29, 0.717) is 5.88 Å². The molecule has 3 aromatic rings. The number of hydrogen-bond donors (Lipinski definition) is 0. The Morgan fingerprint density at radius 1 is 0.375 bits per heavy atom. The number of ether oxygens (including phenoxy) is 3. The van der Waals surface area contributed by atoms with Gasteiger partial charge in [-0.25, -0.2) is 15.0 Å². The van der Waals surface area contributed by atoms with Crippen LogP contribution in [0.2, 0.25) is 0 Å². The van der Waals surface area contributed by atoms with Crippen LogP contribution in [0.15, 0.2) is 68.4 Å². The summed E-state index contributed by atoms with van der Waals surface area (Å²) in [5, 5.41) is 0. The second-order valence-electron chi connectivity index (χ2n) is 11.8. The van der Waals surface area contributed by atoms with Crippen molar-refractivity contribution >= 4 is 47.8 Å². The lowest BCUT2D eigenvalue weighted by Gasteiger charge is -2.05. The first-order valence-electron chi connectivity index (χ1n) is 18.2. The number of hydrogen-bond acceptors (Lipinski definition) is 6. The van der Waals surface area contributed by atoms with Gasteiger partial charge in [0.1, 0.15) is 0 Å². The highest BCUT2D eigenvalue weighted by Gasteiger charge is 1.98. The third-order valence-corrected chi connectivity index (χ3v) is 8.75. The molecule has 0 atom stereocenters. The second-order valence-corrected chi connectivity index (χ2v) is 14.5. The molecule has 0 aliphatic rings. The highest BCUT2D eigenvalue weighted by Crippen LogP contribution is 2.15. The van der Waals surface area contributed by atoms with Gasteiger partial charge in [0.2, 0.25) is 17.6 Å². The number of halogens is 3. The lowest BCUT2D eigenvalue weighted by molar-refractivity contribution is 0.293. The first-order chi connectivity index (χ1) is 23.5. The van der Waals surface area contributed by atoms with Crippen LogP contribution in [0, 0.1) is 0 Å². The van der Waals surface area contributed by atoms with E-state index in [4.69, 9.17) is 14.2 Å². The van der Waals surface area contributed by atoms with E-state index in [1.807, 2.05) is 36.4 Å². The van der Waals surface area contributed by atoms with Crippen molar-refractivity contribution in [3.05, 3.63) is 68.4 Å². The fraction of sp³-hybridized carbons (Fsp3) is 0.615. The molecule has 3 aromatic heterocycles. The van der Waals surface area contributed by atoms with Gasteiger partial charge in [-0.1, -0.05) is 117 Å². The summed E-state index contributed by atoms with van der Waals surface area (Å²) in [5.41, 5.74) is 0. The molecule has 0 aliphatic heterocycles. The highest BCUT2D eigenvalue weighted by molar-refractivity contribution is 9.11. The Balaban J connectivity index is 0.000000371. The average molecular weight is 859 g/mol. The summed E-state index contributed by atoms with van der Waals surface area (Å²) in [4.78, 5) is 12.4. The van der Waals surface area contributed by atoms with Gasteiger partial charge < -0.3 is 14.2 Å². The van der Waals surface area contributed by atoms with Gasteiger partial charge in [0.05, 0.1) is 19.8 Å². The summed E-state index contributed by atoms with van der Waals surface area (Å²) < 4.78 is 19.5. The molecule has 0 bridgehead atoms. The van der Waals surface area contributed by atoms with Crippen molar-refractivity contribution in [1.29, 1.82) is 0 Å². The Morgan fingerprint density at radius 2 is 0.646 bits per heavy atom. The molecule has 0 radical (unpaired) electrons. The zero-order valence-corrected chi connectivity index (χ0v) is 34.5. The number of pyridine rings is 3. The maximum absolute atomic E-state index is 5.60. The molecule has 48 heavy (non-hydrogen) atoms. The molecule has 3 rings (SSSR count). The summed E-state index contributed by atoms with van der Waals surface area (Å²) in [7, 11) is 0. The molecule has 0 fully saturated rings. The molecular formula is C39H60Br3N3O3. The van der Waals surface area contributed by atoms with E-state index in [0.717, 1.165) is 70.7 Å². The zero-order valence-electron chi connectivity index (χ0n) is 29.7. The SMILES string of the molecule is CCCCCCCCCCCCOc1ccc(Br)cn1.CCCCCCCCOc1ccc(Br)cn1.CCCCOc1ccc(Br)cn1. The van der Waals surface area contributed by atoms with Gasteiger partial charge in [0, 0.05) is 50.2 Å². The van der Waals surface area contributed by atoms with Crippen LogP contribution in [-0.2, 0) is 0 Å². The Morgan fingerprint density at radius 3 is 0.917 bits per heavy atom. The smallest absolute Gasteiger partial charge is 0.213 e. The van der Waals surface area contributed by atoms with Crippen molar-refractivity contribution in [2.75, 3.05) is 19.8 Å². The van der Waals surface area contributed by atoms with E-state index < -0.39 is 0 Å². The first-order valence-corrected chi connectivity index (χ1v) is 20.6. The summed E-state index contributed by atoms with van der Waals surface area (Å²) in [6, 6.07) is 11.5. The molecule has 0 saturated carbocycles. The maximum Gasteiger partial charge on any atom is 0.213 e. The normalized spacial score (nSPS) is 10.4. The number of unbranched alkanes of at least 4 members (excludes halogenated alkanes) is 15. The van der Waals surface area contributed by atoms with E-state index >= 15 is 0 Å². The van der Waals surface area contributed by atoms with Crippen LogP contribution in [0.3, 0.4) is 0 Å². The van der Waals surface area contributed by atoms with Gasteiger partial charge in [0.15, 0.2) is 0 Å². The number of aromatic nitrogens is 3. The fourth-order valence-electron chi connectivity index (χ4n) is 4.49. The minimum atomic E-state index is 0.701.